The molecular formula is C10H15O5P. The predicted octanol–water partition coefficient (Wildman–Crippen LogP) is 0.486. The lowest BCUT2D eigenvalue weighted by molar-refractivity contribution is -0.142. The smallest absolute Gasteiger partial charge is 0.306 e. The van der Waals surface area contributed by atoms with Crippen molar-refractivity contribution in [2.45, 2.75) is 31.3 Å². The minimum atomic E-state index is -0.241. The molecule has 5 unspecified atom stereocenters. The molecule has 0 aromatic rings. The first-order valence-electron chi connectivity index (χ1n) is 5.58. The molecule has 16 heavy (non-hydrogen) atoms. The number of carbonyl (C=O) groups excluding carboxylic acids is 1. The van der Waals surface area contributed by atoms with Gasteiger partial charge in [0.15, 0.2) is 6.29 Å². The Morgan fingerprint density at radius 2 is 2.06 bits per heavy atom. The summed E-state index contributed by atoms with van der Waals surface area (Å²) in [5.41, 5.74) is 0. The highest BCUT2D eigenvalue weighted by molar-refractivity contribution is 7.09. The summed E-state index contributed by atoms with van der Waals surface area (Å²) in [5, 5.41) is 0. The lowest BCUT2D eigenvalue weighted by atomic mass is 9.91. The SMILES string of the molecule is O=C1CC2C(CC(OP)C2C2OCCO2)O1. The predicted molar refractivity (Wildman–Crippen MR) is 56.4 cm³/mol. The van der Waals surface area contributed by atoms with Crippen molar-refractivity contribution in [2.24, 2.45) is 11.8 Å². The van der Waals surface area contributed by atoms with Crippen LogP contribution in [0.15, 0.2) is 0 Å². The lowest BCUT2D eigenvalue weighted by Gasteiger charge is -2.25. The summed E-state index contributed by atoms with van der Waals surface area (Å²) in [6.45, 7) is 1.24. The maximum atomic E-state index is 11.3. The maximum absolute atomic E-state index is 11.3. The van der Waals surface area contributed by atoms with Crippen LogP contribution in [0.5, 0.6) is 0 Å². The highest BCUT2D eigenvalue weighted by atomic mass is 31.0. The Morgan fingerprint density at radius 3 is 2.75 bits per heavy atom. The van der Waals surface area contributed by atoms with E-state index in [-0.39, 0.29) is 36.3 Å². The third-order valence-electron chi connectivity index (χ3n) is 3.69. The second-order valence-corrected chi connectivity index (χ2v) is 4.77. The molecule has 0 N–H and O–H groups in total. The van der Waals surface area contributed by atoms with E-state index >= 15 is 0 Å². The molecule has 2 saturated heterocycles. The van der Waals surface area contributed by atoms with Gasteiger partial charge in [0.2, 0.25) is 0 Å². The first-order valence-corrected chi connectivity index (χ1v) is 6.05. The van der Waals surface area contributed by atoms with Gasteiger partial charge in [-0.05, 0) is 0 Å². The Hall–Kier alpha value is -0.220. The molecule has 0 aromatic heterocycles. The molecule has 3 rings (SSSR count). The molecule has 0 radical (unpaired) electrons. The number of esters is 1. The van der Waals surface area contributed by atoms with E-state index in [4.69, 9.17) is 18.7 Å². The highest BCUT2D eigenvalue weighted by Gasteiger charge is 2.54. The van der Waals surface area contributed by atoms with Crippen molar-refractivity contribution in [3.8, 4) is 0 Å². The van der Waals surface area contributed by atoms with Crippen LogP contribution in [0.2, 0.25) is 0 Å². The van der Waals surface area contributed by atoms with Crippen molar-refractivity contribution >= 4 is 15.4 Å². The van der Waals surface area contributed by atoms with Crippen LogP contribution in [-0.2, 0) is 23.5 Å². The van der Waals surface area contributed by atoms with Crippen molar-refractivity contribution in [3.63, 3.8) is 0 Å². The molecule has 3 fully saturated rings. The van der Waals surface area contributed by atoms with Gasteiger partial charge in [-0.3, -0.25) is 4.79 Å². The molecule has 6 heteroatoms. The van der Waals surface area contributed by atoms with Gasteiger partial charge < -0.3 is 18.7 Å². The molecule has 1 saturated carbocycles. The van der Waals surface area contributed by atoms with Crippen LogP contribution in [0.25, 0.3) is 0 Å². The van der Waals surface area contributed by atoms with E-state index in [1.54, 1.807) is 0 Å². The van der Waals surface area contributed by atoms with Gasteiger partial charge in [-0.2, -0.15) is 0 Å². The van der Waals surface area contributed by atoms with Crippen LogP contribution < -0.4 is 0 Å². The number of rotatable bonds is 2. The summed E-state index contributed by atoms with van der Waals surface area (Å²) in [5.74, 6) is 0.179. The van der Waals surface area contributed by atoms with Gasteiger partial charge in [0, 0.05) is 27.7 Å². The van der Waals surface area contributed by atoms with Crippen LogP contribution in [0, 0.1) is 11.8 Å². The van der Waals surface area contributed by atoms with E-state index in [0.717, 1.165) is 6.42 Å². The van der Waals surface area contributed by atoms with Gasteiger partial charge in [-0.25, -0.2) is 0 Å². The molecule has 0 spiro atoms. The zero-order chi connectivity index (χ0) is 11.1. The van der Waals surface area contributed by atoms with Crippen LogP contribution in [0.1, 0.15) is 12.8 Å². The molecule has 5 atom stereocenters. The molecule has 5 nitrogen and oxygen atoms in total. The van der Waals surface area contributed by atoms with Crippen molar-refractivity contribution in [1.29, 1.82) is 0 Å². The fourth-order valence-electron chi connectivity index (χ4n) is 3.02. The van der Waals surface area contributed by atoms with Crippen molar-refractivity contribution < 1.29 is 23.5 Å². The van der Waals surface area contributed by atoms with Crippen LogP contribution >= 0.6 is 9.47 Å². The average Bonchev–Trinajstić information content (AvgIpc) is 2.91. The minimum absolute atomic E-state index is 0.0177. The van der Waals surface area contributed by atoms with Crippen molar-refractivity contribution in [3.05, 3.63) is 0 Å². The number of ether oxygens (including phenoxy) is 3. The maximum Gasteiger partial charge on any atom is 0.306 e. The normalized spacial score (nSPS) is 43.7. The summed E-state index contributed by atoms with van der Waals surface area (Å²) in [6, 6.07) is 0. The van der Waals surface area contributed by atoms with E-state index in [1.807, 2.05) is 0 Å². The van der Waals surface area contributed by atoms with Gasteiger partial charge >= 0.3 is 5.97 Å². The quantitative estimate of drug-likeness (QED) is 0.524. The van der Waals surface area contributed by atoms with E-state index in [0.29, 0.717) is 19.6 Å². The fourth-order valence-corrected chi connectivity index (χ4v) is 3.31. The Morgan fingerprint density at radius 1 is 1.31 bits per heavy atom. The first-order chi connectivity index (χ1) is 7.79. The molecular weight excluding hydrogens is 231 g/mol. The van der Waals surface area contributed by atoms with E-state index in [1.165, 1.54) is 0 Å². The van der Waals surface area contributed by atoms with Gasteiger partial charge in [0.25, 0.3) is 0 Å². The molecule has 2 aliphatic heterocycles. The monoisotopic (exact) mass is 246 g/mol. The van der Waals surface area contributed by atoms with Gasteiger partial charge in [-0.15, -0.1) is 0 Å². The summed E-state index contributed by atoms with van der Waals surface area (Å²) in [7, 11) is 2.29. The van der Waals surface area contributed by atoms with Crippen molar-refractivity contribution in [2.75, 3.05) is 13.2 Å². The molecule has 0 aromatic carbocycles. The third-order valence-corrected chi connectivity index (χ3v) is 4.04. The van der Waals surface area contributed by atoms with Gasteiger partial charge in [0.1, 0.15) is 6.10 Å². The van der Waals surface area contributed by atoms with Crippen LogP contribution in [-0.4, -0.2) is 37.7 Å². The zero-order valence-electron chi connectivity index (χ0n) is 8.83. The van der Waals surface area contributed by atoms with E-state index in [9.17, 15) is 4.79 Å². The Kier molecular flexibility index (Phi) is 2.88. The zero-order valence-corrected chi connectivity index (χ0v) is 9.99. The van der Waals surface area contributed by atoms with E-state index in [2.05, 4.69) is 9.47 Å². The molecule has 90 valence electrons. The highest BCUT2D eigenvalue weighted by Crippen LogP contribution is 2.46. The summed E-state index contributed by atoms with van der Waals surface area (Å²) < 4.78 is 21.7. The number of hydrogen-bond donors (Lipinski definition) is 0. The first kappa shape index (κ1) is 10.9. The second kappa shape index (κ2) is 4.22. The molecule has 0 bridgehead atoms. The number of fused-ring (bicyclic) bond motifs is 1. The summed E-state index contributed by atoms with van der Waals surface area (Å²) >= 11 is 0. The van der Waals surface area contributed by atoms with Crippen molar-refractivity contribution in [1.82, 2.24) is 0 Å². The Bertz CT molecular complexity index is 289. The Balaban J connectivity index is 1.79. The van der Waals surface area contributed by atoms with Crippen LogP contribution in [0.3, 0.4) is 0 Å². The molecule has 2 heterocycles. The fraction of sp³-hybridized carbons (Fsp3) is 0.900. The standard InChI is InChI=1S/C10H15O5P/c11-8-3-5-6(14-8)4-7(15-16)9(5)10-12-1-2-13-10/h5-7,9-10H,1-4,16H2. The summed E-state index contributed by atoms with van der Waals surface area (Å²) in [6.07, 6.45) is 0.985. The molecule has 3 aliphatic rings. The molecule has 1 aliphatic carbocycles. The topological polar surface area (TPSA) is 54.0 Å². The minimum Gasteiger partial charge on any atom is -0.462 e. The summed E-state index contributed by atoms with van der Waals surface area (Å²) in [4.78, 5) is 11.3. The largest absolute Gasteiger partial charge is 0.462 e. The molecule has 0 amide bonds. The van der Waals surface area contributed by atoms with Crippen LogP contribution in [0.4, 0.5) is 0 Å². The second-order valence-electron chi connectivity index (χ2n) is 4.49. The van der Waals surface area contributed by atoms with E-state index < -0.39 is 0 Å². The van der Waals surface area contributed by atoms with Gasteiger partial charge in [0.05, 0.1) is 25.7 Å². The third kappa shape index (κ3) is 1.66. The van der Waals surface area contributed by atoms with Gasteiger partial charge in [-0.1, -0.05) is 0 Å². The number of hydrogen-bond acceptors (Lipinski definition) is 5. The average molecular weight is 246 g/mol. The lowest BCUT2D eigenvalue weighted by Crippen LogP contribution is -2.33. The number of carbonyl (C=O) groups is 1. The Labute approximate surface area is 96.0 Å².